The maximum absolute atomic E-state index is 11.8. The number of nitrogens with one attached hydrogen (secondary N) is 1. The third kappa shape index (κ3) is 6.41. The minimum absolute atomic E-state index is 0.0736. The molecule has 0 unspecified atom stereocenters. The smallest absolute Gasteiger partial charge is 0.422 e. The molecule has 18 heavy (non-hydrogen) atoms. The van der Waals surface area contributed by atoms with Crippen LogP contribution in [0, 0.1) is 0 Å². The van der Waals surface area contributed by atoms with Gasteiger partial charge in [0.2, 0.25) is 0 Å². The zero-order valence-corrected chi connectivity index (χ0v) is 11.8. The second kappa shape index (κ2) is 6.55. The van der Waals surface area contributed by atoms with Gasteiger partial charge in [-0.1, -0.05) is 12.2 Å². The molecule has 0 radical (unpaired) electrons. The molecular weight excluding hydrogens is 256 g/mol. The molecule has 0 aromatic rings. The summed E-state index contributed by atoms with van der Waals surface area (Å²) < 4.78 is 31.4. The van der Waals surface area contributed by atoms with Crippen LogP contribution in [0.2, 0.25) is 0 Å². The Morgan fingerprint density at radius 3 is 2.06 bits per heavy atom. The first kappa shape index (κ1) is 16.7. The number of rotatable bonds is 6. The van der Waals surface area contributed by atoms with Crippen molar-refractivity contribution in [3.05, 3.63) is 25.3 Å². The fourth-order valence-electron chi connectivity index (χ4n) is 1.03. The van der Waals surface area contributed by atoms with Crippen molar-refractivity contribution >= 4 is 16.3 Å². The van der Waals surface area contributed by atoms with Crippen LogP contribution in [0.25, 0.3) is 0 Å². The van der Waals surface area contributed by atoms with Crippen molar-refractivity contribution in [3.63, 3.8) is 0 Å². The maximum atomic E-state index is 11.8. The summed E-state index contributed by atoms with van der Waals surface area (Å²) in [6, 6.07) is 0. The van der Waals surface area contributed by atoms with E-state index in [0.717, 1.165) is 4.31 Å². The molecule has 0 atom stereocenters. The SMILES string of the molecule is C=CCN(CC=C)S(=O)(=O)NC(=O)OC(C)(C)C. The molecule has 0 fully saturated rings. The van der Waals surface area contributed by atoms with Gasteiger partial charge in [0.25, 0.3) is 0 Å². The first-order chi connectivity index (χ1) is 8.12. The fraction of sp³-hybridized carbons (Fsp3) is 0.545. The third-order valence-electron chi connectivity index (χ3n) is 1.62. The normalized spacial score (nSPS) is 12.0. The van der Waals surface area contributed by atoms with Crippen molar-refractivity contribution in [2.45, 2.75) is 26.4 Å². The highest BCUT2D eigenvalue weighted by molar-refractivity contribution is 7.87. The van der Waals surface area contributed by atoms with Gasteiger partial charge in [-0.15, -0.1) is 13.2 Å². The number of carbonyl (C=O) groups excluding carboxylic acids is 1. The Kier molecular flexibility index (Phi) is 6.07. The fourth-order valence-corrected chi connectivity index (χ4v) is 2.01. The molecule has 0 aromatic carbocycles. The lowest BCUT2D eigenvalue weighted by Gasteiger charge is -2.22. The van der Waals surface area contributed by atoms with Crippen LogP contribution >= 0.6 is 0 Å². The molecule has 7 heteroatoms. The predicted molar refractivity (Wildman–Crippen MR) is 70.3 cm³/mol. The van der Waals surface area contributed by atoms with Gasteiger partial charge in [0.15, 0.2) is 0 Å². The van der Waals surface area contributed by atoms with E-state index in [1.807, 2.05) is 4.72 Å². The minimum atomic E-state index is -3.95. The van der Waals surface area contributed by atoms with E-state index in [4.69, 9.17) is 4.74 Å². The van der Waals surface area contributed by atoms with Gasteiger partial charge in [-0.2, -0.15) is 12.7 Å². The van der Waals surface area contributed by atoms with Crippen LogP contribution in [0.4, 0.5) is 4.79 Å². The lowest BCUT2D eigenvalue weighted by atomic mass is 10.2. The van der Waals surface area contributed by atoms with E-state index >= 15 is 0 Å². The van der Waals surface area contributed by atoms with Crippen molar-refractivity contribution in [3.8, 4) is 0 Å². The van der Waals surface area contributed by atoms with E-state index in [-0.39, 0.29) is 13.1 Å². The number of hydrogen-bond acceptors (Lipinski definition) is 4. The molecule has 0 spiro atoms. The monoisotopic (exact) mass is 276 g/mol. The van der Waals surface area contributed by atoms with Crippen molar-refractivity contribution in [2.75, 3.05) is 13.1 Å². The molecule has 0 saturated heterocycles. The number of carbonyl (C=O) groups is 1. The molecule has 0 heterocycles. The second-order valence-electron chi connectivity index (χ2n) is 4.50. The molecule has 1 amide bonds. The summed E-state index contributed by atoms with van der Waals surface area (Å²) in [5.41, 5.74) is -0.763. The number of ether oxygens (including phenoxy) is 1. The quantitative estimate of drug-likeness (QED) is 0.745. The Bertz CT molecular complexity index is 399. The summed E-state index contributed by atoms with van der Waals surface area (Å²) in [6.07, 6.45) is 1.82. The van der Waals surface area contributed by atoms with E-state index in [9.17, 15) is 13.2 Å². The van der Waals surface area contributed by atoms with Crippen LogP contribution in [0.5, 0.6) is 0 Å². The highest BCUT2D eigenvalue weighted by Gasteiger charge is 2.25. The molecule has 6 nitrogen and oxygen atoms in total. The molecule has 0 aliphatic carbocycles. The first-order valence-electron chi connectivity index (χ1n) is 5.35. The van der Waals surface area contributed by atoms with Crippen molar-refractivity contribution in [2.24, 2.45) is 0 Å². The standard InChI is InChI=1S/C11H20N2O4S/c1-6-8-13(9-7-2)18(15,16)12-10(14)17-11(3,4)5/h6-7H,1-2,8-9H2,3-5H3,(H,12,14). The predicted octanol–water partition coefficient (Wildman–Crippen LogP) is 1.43. The van der Waals surface area contributed by atoms with Crippen LogP contribution in [0.3, 0.4) is 0 Å². The van der Waals surface area contributed by atoms with Gasteiger partial charge in [-0.05, 0) is 20.8 Å². The average Bonchev–Trinajstić information content (AvgIpc) is 2.13. The summed E-state index contributed by atoms with van der Waals surface area (Å²) in [7, 11) is -3.95. The van der Waals surface area contributed by atoms with Crippen molar-refractivity contribution < 1.29 is 17.9 Å². The van der Waals surface area contributed by atoms with Crippen LogP contribution in [-0.2, 0) is 14.9 Å². The van der Waals surface area contributed by atoms with Crippen LogP contribution in [0.15, 0.2) is 25.3 Å². The van der Waals surface area contributed by atoms with Crippen molar-refractivity contribution in [1.82, 2.24) is 9.03 Å². The zero-order valence-electron chi connectivity index (χ0n) is 11.0. The lowest BCUT2D eigenvalue weighted by molar-refractivity contribution is 0.0567. The van der Waals surface area contributed by atoms with Crippen molar-refractivity contribution in [1.29, 1.82) is 0 Å². The third-order valence-corrected chi connectivity index (χ3v) is 3.02. The largest absolute Gasteiger partial charge is 0.443 e. The van der Waals surface area contributed by atoms with E-state index in [0.29, 0.717) is 0 Å². The molecule has 0 rings (SSSR count). The topological polar surface area (TPSA) is 75.7 Å². The molecular formula is C11H20N2O4S. The molecule has 104 valence electrons. The number of amides is 1. The molecule has 0 aliphatic heterocycles. The minimum Gasteiger partial charge on any atom is -0.443 e. The van der Waals surface area contributed by atoms with E-state index in [1.54, 1.807) is 20.8 Å². The molecule has 0 aromatic heterocycles. The summed E-state index contributed by atoms with van der Waals surface area (Å²) in [4.78, 5) is 11.4. The van der Waals surface area contributed by atoms with Gasteiger partial charge >= 0.3 is 16.3 Å². The number of nitrogens with zero attached hydrogens (tertiary/aromatic N) is 1. The number of hydrogen-bond donors (Lipinski definition) is 1. The Labute approximate surface area is 108 Å². The molecule has 1 N–H and O–H groups in total. The molecule has 0 saturated carbocycles. The second-order valence-corrected chi connectivity index (χ2v) is 6.17. The maximum Gasteiger partial charge on any atom is 0.422 e. The first-order valence-corrected chi connectivity index (χ1v) is 6.79. The molecule has 0 bridgehead atoms. The summed E-state index contributed by atoms with van der Waals surface area (Å²) in [6.45, 7) is 12.0. The van der Waals surface area contributed by atoms with Gasteiger partial charge in [-0.3, -0.25) is 0 Å². The molecule has 0 aliphatic rings. The van der Waals surface area contributed by atoms with Gasteiger partial charge in [0, 0.05) is 13.1 Å². The summed E-state index contributed by atoms with van der Waals surface area (Å²) in [5, 5.41) is 0. The van der Waals surface area contributed by atoms with Gasteiger partial charge < -0.3 is 4.74 Å². The van der Waals surface area contributed by atoms with Crippen LogP contribution < -0.4 is 4.72 Å². The highest BCUT2D eigenvalue weighted by atomic mass is 32.2. The Balaban J connectivity index is 4.76. The van der Waals surface area contributed by atoms with E-state index < -0.39 is 21.9 Å². The average molecular weight is 276 g/mol. The van der Waals surface area contributed by atoms with E-state index in [2.05, 4.69) is 13.2 Å². The highest BCUT2D eigenvalue weighted by Crippen LogP contribution is 2.07. The summed E-state index contributed by atoms with van der Waals surface area (Å²) in [5.74, 6) is 0. The summed E-state index contributed by atoms with van der Waals surface area (Å²) >= 11 is 0. The van der Waals surface area contributed by atoms with Crippen LogP contribution in [-0.4, -0.2) is 37.5 Å². The Morgan fingerprint density at radius 2 is 1.72 bits per heavy atom. The van der Waals surface area contributed by atoms with Gasteiger partial charge in [0.05, 0.1) is 0 Å². The zero-order chi connectivity index (χ0) is 14.4. The van der Waals surface area contributed by atoms with Crippen LogP contribution in [0.1, 0.15) is 20.8 Å². The Morgan fingerprint density at radius 1 is 1.28 bits per heavy atom. The lowest BCUT2D eigenvalue weighted by Crippen LogP contribution is -2.45. The van der Waals surface area contributed by atoms with Gasteiger partial charge in [0.1, 0.15) is 5.60 Å². The Hall–Kier alpha value is -1.34. The van der Waals surface area contributed by atoms with E-state index in [1.165, 1.54) is 12.2 Å². The van der Waals surface area contributed by atoms with Gasteiger partial charge in [-0.25, -0.2) is 9.52 Å².